The third-order valence-corrected chi connectivity index (χ3v) is 6.72. The lowest BCUT2D eigenvalue weighted by molar-refractivity contribution is 0.0331. The molecular formula is C20H27N5OS. The number of nitriles is 1. The molecule has 7 heteroatoms. The first-order valence-electron chi connectivity index (χ1n) is 9.85. The summed E-state index contributed by atoms with van der Waals surface area (Å²) in [5.41, 5.74) is 1.45. The minimum absolute atomic E-state index is 0.504. The van der Waals surface area contributed by atoms with Crippen molar-refractivity contribution in [2.24, 2.45) is 5.92 Å². The lowest BCUT2D eigenvalue weighted by Gasteiger charge is -2.26. The topological polar surface area (TPSA) is 65.3 Å². The van der Waals surface area contributed by atoms with Crippen LogP contribution in [0.4, 0.5) is 5.82 Å². The number of hydrogen-bond donors (Lipinski definition) is 0. The minimum atomic E-state index is 0.504. The van der Waals surface area contributed by atoms with E-state index in [-0.39, 0.29) is 0 Å². The van der Waals surface area contributed by atoms with Crippen LogP contribution in [0.15, 0.2) is 0 Å². The molecule has 3 heterocycles. The maximum atomic E-state index is 9.00. The van der Waals surface area contributed by atoms with Crippen molar-refractivity contribution in [1.82, 2.24) is 14.9 Å². The van der Waals surface area contributed by atoms with Crippen LogP contribution in [-0.2, 0) is 24.1 Å². The van der Waals surface area contributed by atoms with E-state index in [1.165, 1.54) is 22.2 Å². The third-order valence-electron chi connectivity index (χ3n) is 5.57. The number of nitrogens with zero attached hydrogens (tertiary/aromatic N) is 5. The summed E-state index contributed by atoms with van der Waals surface area (Å²) in [4.78, 5) is 17.0. The van der Waals surface area contributed by atoms with Gasteiger partial charge in [-0.1, -0.05) is 6.92 Å². The molecule has 0 radical (unpaired) electrons. The van der Waals surface area contributed by atoms with Crippen molar-refractivity contribution in [1.29, 1.82) is 5.26 Å². The molecule has 1 fully saturated rings. The highest BCUT2D eigenvalue weighted by molar-refractivity contribution is 7.19. The van der Waals surface area contributed by atoms with Crippen LogP contribution in [0.25, 0.3) is 10.2 Å². The maximum Gasteiger partial charge on any atom is 0.146 e. The summed E-state index contributed by atoms with van der Waals surface area (Å²) in [5.74, 6) is 2.63. The molecule has 1 atom stereocenters. The van der Waals surface area contributed by atoms with Gasteiger partial charge in [0, 0.05) is 31.6 Å². The molecule has 27 heavy (non-hydrogen) atoms. The number of rotatable bonds is 5. The summed E-state index contributed by atoms with van der Waals surface area (Å²) in [5, 5.41) is 10.2. The molecule has 1 aliphatic carbocycles. The molecule has 0 bridgehead atoms. The zero-order chi connectivity index (χ0) is 18.8. The van der Waals surface area contributed by atoms with Crippen molar-refractivity contribution in [3.8, 4) is 6.07 Å². The summed E-state index contributed by atoms with van der Waals surface area (Å²) < 4.78 is 5.46. The van der Waals surface area contributed by atoms with Gasteiger partial charge in [0.05, 0.1) is 37.6 Å². The summed E-state index contributed by atoms with van der Waals surface area (Å²) in [6.45, 7) is 7.21. The lowest BCUT2D eigenvalue weighted by atomic mass is 9.89. The van der Waals surface area contributed by atoms with Crippen molar-refractivity contribution < 1.29 is 4.74 Å². The van der Waals surface area contributed by atoms with Crippen LogP contribution < -0.4 is 4.90 Å². The van der Waals surface area contributed by atoms with Crippen molar-refractivity contribution in [3.63, 3.8) is 0 Å². The molecule has 4 rings (SSSR count). The number of thiophene rings is 1. The first kappa shape index (κ1) is 18.6. The van der Waals surface area contributed by atoms with Crippen LogP contribution in [-0.4, -0.2) is 54.8 Å². The van der Waals surface area contributed by atoms with Crippen molar-refractivity contribution in [2.45, 2.75) is 39.2 Å². The van der Waals surface area contributed by atoms with Gasteiger partial charge in [-0.15, -0.1) is 11.3 Å². The van der Waals surface area contributed by atoms with Gasteiger partial charge in [0.15, 0.2) is 0 Å². The van der Waals surface area contributed by atoms with E-state index in [9.17, 15) is 0 Å². The monoisotopic (exact) mass is 385 g/mol. The predicted molar refractivity (Wildman–Crippen MR) is 108 cm³/mol. The first-order chi connectivity index (χ1) is 13.2. The molecule has 1 aliphatic heterocycles. The zero-order valence-corrected chi connectivity index (χ0v) is 17.0. The second-order valence-electron chi connectivity index (χ2n) is 7.71. The summed E-state index contributed by atoms with van der Waals surface area (Å²) in [6, 6.07) is 2.25. The molecule has 144 valence electrons. The molecule has 6 nitrogen and oxygen atoms in total. The van der Waals surface area contributed by atoms with Gasteiger partial charge in [0.2, 0.25) is 0 Å². The fraction of sp³-hybridized carbons (Fsp3) is 0.650. The first-order valence-corrected chi connectivity index (χ1v) is 10.7. The van der Waals surface area contributed by atoms with Gasteiger partial charge in [-0.2, -0.15) is 5.26 Å². The third kappa shape index (κ3) is 3.93. The zero-order valence-electron chi connectivity index (χ0n) is 16.2. The predicted octanol–water partition coefficient (Wildman–Crippen LogP) is 3.00. The van der Waals surface area contributed by atoms with Gasteiger partial charge in [0.25, 0.3) is 0 Å². The van der Waals surface area contributed by atoms with Gasteiger partial charge in [-0.05, 0) is 30.7 Å². The fourth-order valence-corrected chi connectivity index (χ4v) is 5.39. The number of morpholine rings is 1. The van der Waals surface area contributed by atoms with E-state index in [1.54, 1.807) is 0 Å². The Morgan fingerprint density at radius 2 is 2.15 bits per heavy atom. The average molecular weight is 386 g/mol. The van der Waals surface area contributed by atoms with E-state index in [4.69, 9.17) is 20.0 Å². The van der Waals surface area contributed by atoms with Crippen molar-refractivity contribution >= 4 is 27.4 Å². The van der Waals surface area contributed by atoms with Crippen LogP contribution in [0.2, 0.25) is 0 Å². The molecule has 2 aromatic rings. The summed E-state index contributed by atoms with van der Waals surface area (Å²) in [6.07, 6.45) is 4.00. The quantitative estimate of drug-likeness (QED) is 0.788. The maximum absolute atomic E-state index is 9.00. The molecule has 0 saturated carbocycles. The van der Waals surface area contributed by atoms with Crippen molar-refractivity contribution in [2.75, 3.05) is 44.8 Å². The van der Waals surface area contributed by atoms with Crippen LogP contribution in [0.5, 0.6) is 0 Å². The van der Waals surface area contributed by atoms with Gasteiger partial charge in [-0.25, -0.2) is 9.97 Å². The number of ether oxygens (including phenoxy) is 1. The number of anilines is 1. The number of fused-ring (bicyclic) bond motifs is 3. The molecule has 0 spiro atoms. The Kier molecular flexibility index (Phi) is 5.58. The van der Waals surface area contributed by atoms with Gasteiger partial charge in [0.1, 0.15) is 16.5 Å². The molecule has 1 saturated heterocycles. The SMILES string of the molecule is C[C@@H]1CCc2c(sc3nc(CN4CCOCC4)nc(N(C)CCC#N)c23)C1. The molecule has 2 aliphatic rings. The lowest BCUT2D eigenvalue weighted by Crippen LogP contribution is -2.36. The Morgan fingerprint density at radius 3 is 2.93 bits per heavy atom. The van der Waals surface area contributed by atoms with Crippen LogP contribution in [0.3, 0.4) is 0 Å². The standard InChI is InChI=1S/C20H27N5OS/c1-14-4-5-15-16(12-14)27-20-18(15)19(24(2)7-3-6-21)22-17(23-20)13-25-8-10-26-11-9-25/h14H,3-5,7-13H2,1-2H3/t14-/m1/s1. The normalized spacial score (nSPS) is 20.4. The average Bonchev–Trinajstić information content (AvgIpc) is 3.03. The van der Waals surface area contributed by atoms with E-state index in [0.717, 1.165) is 68.1 Å². The number of aromatic nitrogens is 2. The smallest absolute Gasteiger partial charge is 0.146 e. The molecule has 0 aromatic carbocycles. The molecule has 0 unspecified atom stereocenters. The van der Waals surface area contributed by atoms with E-state index in [1.807, 2.05) is 18.4 Å². The Labute approximate surface area is 164 Å². The highest BCUT2D eigenvalue weighted by atomic mass is 32.1. The van der Waals surface area contributed by atoms with Crippen molar-refractivity contribution in [3.05, 3.63) is 16.3 Å². The fourth-order valence-electron chi connectivity index (χ4n) is 4.00. The Morgan fingerprint density at radius 1 is 1.33 bits per heavy atom. The van der Waals surface area contributed by atoms with Gasteiger partial charge < -0.3 is 9.64 Å². The number of hydrogen-bond acceptors (Lipinski definition) is 7. The van der Waals surface area contributed by atoms with E-state index in [2.05, 4.69) is 22.8 Å². The van der Waals surface area contributed by atoms with Gasteiger partial charge >= 0.3 is 0 Å². The Hall–Kier alpha value is -1.75. The molecule has 0 N–H and O–H groups in total. The molecular weight excluding hydrogens is 358 g/mol. The summed E-state index contributed by atoms with van der Waals surface area (Å²) >= 11 is 1.85. The van der Waals surface area contributed by atoms with Crippen LogP contribution >= 0.6 is 11.3 Å². The number of aryl methyl sites for hydroxylation is 1. The molecule has 2 aromatic heterocycles. The minimum Gasteiger partial charge on any atom is -0.379 e. The Bertz CT molecular complexity index is 852. The molecule has 0 amide bonds. The Balaban J connectivity index is 1.73. The second-order valence-corrected chi connectivity index (χ2v) is 8.80. The summed E-state index contributed by atoms with van der Waals surface area (Å²) in [7, 11) is 2.05. The van der Waals surface area contributed by atoms with Gasteiger partial charge in [-0.3, -0.25) is 4.90 Å². The van der Waals surface area contributed by atoms with Crippen LogP contribution in [0.1, 0.15) is 36.0 Å². The van der Waals surface area contributed by atoms with E-state index < -0.39 is 0 Å². The van der Waals surface area contributed by atoms with Crippen LogP contribution in [0, 0.1) is 17.2 Å². The largest absolute Gasteiger partial charge is 0.379 e. The van der Waals surface area contributed by atoms with E-state index in [0.29, 0.717) is 13.0 Å². The highest BCUT2D eigenvalue weighted by Gasteiger charge is 2.25. The highest BCUT2D eigenvalue weighted by Crippen LogP contribution is 2.40. The second kappa shape index (κ2) is 8.09. The van der Waals surface area contributed by atoms with E-state index >= 15 is 0 Å².